The summed E-state index contributed by atoms with van der Waals surface area (Å²) in [6.07, 6.45) is 3.01. The van der Waals surface area contributed by atoms with Crippen molar-refractivity contribution in [2.75, 3.05) is 10.6 Å². The van der Waals surface area contributed by atoms with Crippen molar-refractivity contribution >= 4 is 70.0 Å². The number of hydrogen-bond acceptors (Lipinski definition) is 8. The van der Waals surface area contributed by atoms with Crippen LogP contribution in [0.5, 0.6) is 0 Å². The van der Waals surface area contributed by atoms with Gasteiger partial charge in [0.2, 0.25) is 0 Å². The Bertz CT molecular complexity index is 1410. The van der Waals surface area contributed by atoms with E-state index in [9.17, 15) is 29.8 Å². The molecule has 0 saturated carbocycles. The Morgan fingerprint density at radius 2 is 1.08 bits per heavy atom. The van der Waals surface area contributed by atoms with Crippen LogP contribution in [-0.4, -0.2) is 57.9 Å². The summed E-state index contributed by atoms with van der Waals surface area (Å²) < 4.78 is 1.15. The molecule has 0 spiro atoms. The van der Waals surface area contributed by atoms with E-state index in [4.69, 9.17) is 0 Å². The van der Waals surface area contributed by atoms with E-state index >= 15 is 0 Å². The van der Waals surface area contributed by atoms with Gasteiger partial charge in [-0.05, 0) is 0 Å². The molecule has 4 aromatic rings. The third kappa shape index (κ3) is 6.63. The summed E-state index contributed by atoms with van der Waals surface area (Å²) in [5, 5.41) is 28.0. The molecule has 0 radical (unpaired) electrons. The molecule has 4 rings (SSSR count). The number of amides is 2. The molecular formula is C24H16N6O6Se2. The van der Waals surface area contributed by atoms with Gasteiger partial charge in [-0.2, -0.15) is 0 Å². The third-order valence-electron chi connectivity index (χ3n) is 4.87. The van der Waals surface area contributed by atoms with Gasteiger partial charge < -0.3 is 0 Å². The van der Waals surface area contributed by atoms with Gasteiger partial charge in [-0.3, -0.25) is 0 Å². The molecule has 0 atom stereocenters. The van der Waals surface area contributed by atoms with Crippen molar-refractivity contribution in [2.45, 2.75) is 0 Å². The van der Waals surface area contributed by atoms with Gasteiger partial charge in [0.1, 0.15) is 0 Å². The fraction of sp³-hybridized carbons (Fsp3) is 0. The fourth-order valence-corrected chi connectivity index (χ4v) is 10.1. The molecule has 2 amide bonds. The number of nitrogens with zero attached hydrogens (tertiary/aromatic N) is 4. The average molecular weight is 642 g/mol. The maximum absolute atomic E-state index is 13.0. The van der Waals surface area contributed by atoms with Crippen molar-refractivity contribution < 1.29 is 19.4 Å². The van der Waals surface area contributed by atoms with Gasteiger partial charge in [0, 0.05) is 0 Å². The van der Waals surface area contributed by atoms with Crippen LogP contribution in [0.1, 0.15) is 20.7 Å². The van der Waals surface area contributed by atoms with E-state index in [1.165, 1.54) is 48.8 Å². The first-order valence-electron chi connectivity index (χ1n) is 10.7. The number of non-ortho nitro benzene ring substituents is 2. The van der Waals surface area contributed by atoms with Crippen molar-refractivity contribution in [3.8, 4) is 0 Å². The van der Waals surface area contributed by atoms with Crippen LogP contribution in [0.2, 0.25) is 0 Å². The molecule has 0 aliphatic rings. The predicted octanol–water partition coefficient (Wildman–Crippen LogP) is 2.07. The van der Waals surface area contributed by atoms with Crippen molar-refractivity contribution in [2.24, 2.45) is 0 Å². The number of nitrogens with one attached hydrogen (secondary N) is 2. The summed E-state index contributed by atoms with van der Waals surface area (Å²) in [5.74, 6) is -0.539. The van der Waals surface area contributed by atoms with E-state index in [2.05, 4.69) is 20.6 Å². The number of carbonyl (C=O) groups is 2. The fourth-order valence-electron chi connectivity index (χ4n) is 3.09. The molecule has 2 heterocycles. The number of pyridine rings is 2. The number of nitro groups is 2. The third-order valence-corrected chi connectivity index (χ3v) is 12.1. The maximum atomic E-state index is 13.0. The SMILES string of the molecule is O=C(Nc1ccccn1)c1cc([N+](=O)[O-])ccc1[Se][Se]c1ccc([N+](=O)[O-])cc1C(=O)Nc1ccccn1. The summed E-state index contributed by atoms with van der Waals surface area (Å²) in [4.78, 5) is 55.7. The zero-order valence-corrected chi connectivity index (χ0v) is 22.6. The van der Waals surface area contributed by atoms with Crippen LogP contribution in [-0.2, 0) is 0 Å². The summed E-state index contributed by atoms with van der Waals surface area (Å²) in [6, 6.07) is 18.0. The van der Waals surface area contributed by atoms with Crippen molar-refractivity contribution in [3.63, 3.8) is 0 Å². The summed E-state index contributed by atoms with van der Waals surface area (Å²) in [5.41, 5.74) is -0.246. The van der Waals surface area contributed by atoms with Crippen molar-refractivity contribution in [1.29, 1.82) is 0 Å². The van der Waals surface area contributed by atoms with Crippen LogP contribution >= 0.6 is 0 Å². The van der Waals surface area contributed by atoms with Gasteiger partial charge in [0.25, 0.3) is 0 Å². The zero-order chi connectivity index (χ0) is 27.1. The molecule has 0 fully saturated rings. The monoisotopic (exact) mass is 644 g/mol. The molecule has 14 heteroatoms. The topological polar surface area (TPSA) is 170 Å². The van der Waals surface area contributed by atoms with E-state index < -0.39 is 47.9 Å². The molecule has 0 saturated heterocycles. The molecule has 2 aromatic carbocycles. The Morgan fingerprint density at radius 3 is 1.42 bits per heavy atom. The predicted molar refractivity (Wildman–Crippen MR) is 141 cm³/mol. The molecule has 2 N–H and O–H groups in total. The number of carbonyl (C=O) groups excluding carboxylic acids is 2. The van der Waals surface area contributed by atoms with Crippen LogP contribution in [0, 0.1) is 20.2 Å². The standard InChI is InChI=1S/C24H16N6O6Se2/c31-23(27-21-5-1-3-11-25-21)17-13-15(29(33)34)7-9-19(17)37-38-20-10-8-16(30(35)36)14-18(20)24(32)28-22-6-2-4-12-26-22/h1-14H,(H,25,27,31)(H,26,28,32). The number of aromatic nitrogens is 2. The number of rotatable bonds is 9. The first kappa shape index (κ1) is 26.6. The molecule has 38 heavy (non-hydrogen) atoms. The Hall–Kier alpha value is -4.48. The molecule has 12 nitrogen and oxygen atoms in total. The van der Waals surface area contributed by atoms with Crippen LogP contribution < -0.4 is 19.6 Å². The van der Waals surface area contributed by atoms with Crippen molar-refractivity contribution in [3.05, 3.63) is 117 Å². The second-order valence-electron chi connectivity index (χ2n) is 7.38. The molecule has 0 aliphatic carbocycles. The van der Waals surface area contributed by atoms with Crippen LogP contribution in [0.15, 0.2) is 85.2 Å². The number of hydrogen-bond donors (Lipinski definition) is 2. The molecule has 0 aliphatic heterocycles. The number of anilines is 2. The molecule has 190 valence electrons. The van der Waals surface area contributed by atoms with Gasteiger partial charge in [0.05, 0.1) is 0 Å². The zero-order valence-electron chi connectivity index (χ0n) is 19.1. The Labute approximate surface area is 226 Å². The van der Waals surface area contributed by atoms with E-state index in [-0.39, 0.29) is 34.1 Å². The van der Waals surface area contributed by atoms with E-state index in [0.717, 1.165) is 0 Å². The van der Waals surface area contributed by atoms with Crippen LogP contribution in [0.4, 0.5) is 23.0 Å². The Balaban J connectivity index is 1.63. The second kappa shape index (κ2) is 12.2. The second-order valence-corrected chi connectivity index (χ2v) is 13.6. The van der Waals surface area contributed by atoms with Gasteiger partial charge in [-0.1, -0.05) is 0 Å². The van der Waals surface area contributed by atoms with E-state index in [0.29, 0.717) is 8.92 Å². The van der Waals surface area contributed by atoms with Crippen molar-refractivity contribution in [1.82, 2.24) is 9.97 Å². The van der Waals surface area contributed by atoms with Gasteiger partial charge >= 0.3 is 227 Å². The summed E-state index contributed by atoms with van der Waals surface area (Å²) >= 11 is -0.843. The minimum absolute atomic E-state index is 0.119. The van der Waals surface area contributed by atoms with Crippen LogP contribution in [0.3, 0.4) is 0 Å². The van der Waals surface area contributed by atoms with Gasteiger partial charge in [-0.15, -0.1) is 0 Å². The first-order chi connectivity index (χ1) is 18.3. The first-order valence-corrected chi connectivity index (χ1v) is 16.7. The molecule has 0 bridgehead atoms. The summed E-state index contributed by atoms with van der Waals surface area (Å²) in [7, 11) is 0. The number of nitro benzene ring substituents is 2. The quantitative estimate of drug-likeness (QED) is 0.159. The normalized spacial score (nSPS) is 10.4. The van der Waals surface area contributed by atoms with Gasteiger partial charge in [0.15, 0.2) is 0 Å². The van der Waals surface area contributed by atoms with E-state index in [1.807, 2.05) is 0 Å². The summed E-state index contributed by atoms with van der Waals surface area (Å²) in [6.45, 7) is 0. The molecular weight excluding hydrogens is 626 g/mol. The number of benzene rings is 2. The Morgan fingerprint density at radius 1 is 0.658 bits per heavy atom. The average Bonchev–Trinajstić information content (AvgIpc) is 2.92. The van der Waals surface area contributed by atoms with E-state index in [1.54, 1.807) is 36.4 Å². The molecule has 2 aromatic heterocycles. The van der Waals surface area contributed by atoms with Crippen LogP contribution in [0.25, 0.3) is 0 Å². The molecule has 0 unspecified atom stereocenters. The van der Waals surface area contributed by atoms with Gasteiger partial charge in [-0.25, -0.2) is 0 Å². The minimum atomic E-state index is -0.587. The Kier molecular flexibility index (Phi) is 8.51.